The fourth-order valence-corrected chi connectivity index (χ4v) is 3.75. The van der Waals surface area contributed by atoms with E-state index in [-0.39, 0.29) is 18.9 Å². The van der Waals surface area contributed by atoms with Crippen LogP contribution in [0.4, 0.5) is 0 Å². The molecule has 0 bridgehead atoms. The topological polar surface area (TPSA) is 96.8 Å². The molecule has 0 aliphatic heterocycles. The number of methoxy groups -OCH3 is 1. The summed E-state index contributed by atoms with van der Waals surface area (Å²) in [6.45, 7) is 2.72. The lowest BCUT2D eigenvalue weighted by Gasteiger charge is -2.11. The number of aromatic nitrogens is 1. The molecule has 0 fully saturated rings. The maximum Gasteiger partial charge on any atom is 0.310 e. The molecule has 0 aliphatic rings. The summed E-state index contributed by atoms with van der Waals surface area (Å²) in [5.74, 6) is 1.63. The quantitative estimate of drug-likeness (QED) is 0.374. The third-order valence-corrected chi connectivity index (χ3v) is 5.29. The zero-order chi connectivity index (χ0) is 23.2. The van der Waals surface area contributed by atoms with Gasteiger partial charge in [-0.2, -0.15) is 0 Å². The minimum Gasteiger partial charge on any atom is -0.494 e. The van der Waals surface area contributed by atoms with E-state index < -0.39 is 0 Å². The molecule has 7 nitrogen and oxygen atoms in total. The fourth-order valence-electron chi connectivity index (χ4n) is 3.75. The second-order valence-electron chi connectivity index (χ2n) is 7.36. The third kappa shape index (κ3) is 4.83. The Bertz CT molecular complexity index is 1260. The van der Waals surface area contributed by atoms with Gasteiger partial charge in [0, 0.05) is 29.3 Å². The van der Waals surface area contributed by atoms with Gasteiger partial charge in [0.1, 0.15) is 23.7 Å². The van der Waals surface area contributed by atoms with Gasteiger partial charge in [-0.3, -0.25) is 9.78 Å². The van der Waals surface area contributed by atoms with E-state index in [9.17, 15) is 4.79 Å². The summed E-state index contributed by atoms with van der Waals surface area (Å²) >= 11 is 0. The van der Waals surface area contributed by atoms with Gasteiger partial charge in [-0.05, 0) is 31.2 Å². The first kappa shape index (κ1) is 22.4. The summed E-state index contributed by atoms with van der Waals surface area (Å²) in [5.41, 5.74) is 9.74. The Labute approximate surface area is 192 Å². The van der Waals surface area contributed by atoms with Gasteiger partial charge < -0.3 is 24.4 Å². The van der Waals surface area contributed by atoms with E-state index in [1.54, 1.807) is 20.2 Å². The van der Waals surface area contributed by atoms with Gasteiger partial charge in [0.2, 0.25) is 0 Å². The molecular formula is C26H26N2O5. The van der Waals surface area contributed by atoms with Crippen molar-refractivity contribution < 1.29 is 23.4 Å². The molecule has 0 atom stereocenters. The summed E-state index contributed by atoms with van der Waals surface area (Å²) < 4.78 is 22.9. The molecule has 33 heavy (non-hydrogen) atoms. The predicted molar refractivity (Wildman–Crippen MR) is 125 cm³/mol. The second kappa shape index (κ2) is 10.2. The van der Waals surface area contributed by atoms with Crippen LogP contribution in [0.1, 0.15) is 23.7 Å². The molecule has 0 radical (unpaired) electrons. The smallest absolute Gasteiger partial charge is 0.310 e. The number of hydrogen-bond acceptors (Lipinski definition) is 7. The van der Waals surface area contributed by atoms with Crippen molar-refractivity contribution in [2.45, 2.75) is 26.5 Å². The van der Waals surface area contributed by atoms with Gasteiger partial charge in [0.15, 0.2) is 5.75 Å². The van der Waals surface area contributed by atoms with Gasteiger partial charge in [0.05, 0.1) is 31.4 Å². The first-order valence-corrected chi connectivity index (χ1v) is 10.7. The van der Waals surface area contributed by atoms with E-state index >= 15 is 0 Å². The van der Waals surface area contributed by atoms with Crippen LogP contribution < -0.4 is 15.2 Å². The van der Waals surface area contributed by atoms with Gasteiger partial charge >= 0.3 is 5.97 Å². The first-order chi connectivity index (χ1) is 16.1. The zero-order valence-electron chi connectivity index (χ0n) is 18.7. The molecule has 170 valence electrons. The van der Waals surface area contributed by atoms with Crippen LogP contribution in [-0.4, -0.2) is 24.7 Å². The number of nitrogens with two attached hydrogens (primary N) is 1. The van der Waals surface area contributed by atoms with Crippen molar-refractivity contribution in [3.8, 4) is 22.8 Å². The van der Waals surface area contributed by atoms with Crippen LogP contribution in [0.15, 0.2) is 65.2 Å². The van der Waals surface area contributed by atoms with Crippen molar-refractivity contribution in [1.82, 2.24) is 4.98 Å². The number of carbonyl (C=O) groups is 1. The van der Waals surface area contributed by atoms with Crippen LogP contribution in [0, 0.1) is 0 Å². The van der Waals surface area contributed by atoms with Gasteiger partial charge in [0.25, 0.3) is 0 Å². The number of esters is 1. The number of ether oxygens (including phenoxy) is 3. The van der Waals surface area contributed by atoms with Crippen molar-refractivity contribution >= 4 is 16.9 Å². The molecule has 2 aromatic heterocycles. The predicted octanol–water partition coefficient (Wildman–Crippen LogP) is 4.65. The molecule has 0 saturated carbocycles. The monoisotopic (exact) mass is 446 g/mol. The van der Waals surface area contributed by atoms with Gasteiger partial charge in [-0.15, -0.1) is 0 Å². The summed E-state index contributed by atoms with van der Waals surface area (Å²) in [4.78, 5) is 16.2. The lowest BCUT2D eigenvalue weighted by atomic mass is 10.1. The Morgan fingerprint density at radius 1 is 1.09 bits per heavy atom. The Morgan fingerprint density at radius 2 is 1.91 bits per heavy atom. The molecule has 2 heterocycles. The number of nitrogens with zero attached hydrogens (tertiary/aromatic N) is 1. The molecule has 0 aliphatic carbocycles. The van der Waals surface area contributed by atoms with Crippen molar-refractivity contribution in [3.63, 3.8) is 0 Å². The number of hydrogen-bond donors (Lipinski definition) is 1. The van der Waals surface area contributed by atoms with Gasteiger partial charge in [-0.25, -0.2) is 0 Å². The van der Waals surface area contributed by atoms with Crippen LogP contribution in [0.25, 0.3) is 22.3 Å². The summed E-state index contributed by atoms with van der Waals surface area (Å²) in [6.07, 6.45) is 1.85. The standard InChI is InChI=1S/C26H26N2O5/c1-3-31-25(29)13-17-7-4-5-9-22(17)32-16-18-8-6-10-23-20(18)14-24(33-23)19-11-12-28-21(15-27)26(19)30-2/h4-12,14H,3,13,15-16,27H2,1-2H3. The second-order valence-corrected chi connectivity index (χ2v) is 7.36. The number of benzene rings is 2. The maximum absolute atomic E-state index is 11.9. The largest absolute Gasteiger partial charge is 0.494 e. The van der Waals surface area contributed by atoms with E-state index in [1.807, 2.05) is 54.6 Å². The highest BCUT2D eigenvalue weighted by Crippen LogP contribution is 2.36. The van der Waals surface area contributed by atoms with Crippen molar-refractivity contribution in [3.05, 3.63) is 77.6 Å². The normalized spacial score (nSPS) is 10.9. The molecule has 0 amide bonds. The first-order valence-electron chi connectivity index (χ1n) is 10.7. The molecule has 0 saturated heterocycles. The Morgan fingerprint density at radius 3 is 2.70 bits per heavy atom. The van der Waals surface area contributed by atoms with Crippen LogP contribution in [0.5, 0.6) is 11.5 Å². The van der Waals surface area contributed by atoms with Crippen molar-refractivity contribution in [2.75, 3.05) is 13.7 Å². The molecule has 4 rings (SSSR count). The fraction of sp³-hybridized carbons (Fsp3) is 0.231. The third-order valence-electron chi connectivity index (χ3n) is 5.29. The van der Waals surface area contributed by atoms with Crippen LogP contribution >= 0.6 is 0 Å². The average Bonchev–Trinajstić information content (AvgIpc) is 3.28. The lowest BCUT2D eigenvalue weighted by Crippen LogP contribution is -2.09. The van der Waals surface area contributed by atoms with Crippen LogP contribution in [0.2, 0.25) is 0 Å². The van der Waals surface area contributed by atoms with Crippen molar-refractivity contribution in [1.29, 1.82) is 0 Å². The summed E-state index contributed by atoms with van der Waals surface area (Å²) in [6, 6.07) is 17.1. The number of pyridine rings is 1. The number of furan rings is 1. The highest BCUT2D eigenvalue weighted by molar-refractivity contribution is 5.87. The van der Waals surface area contributed by atoms with Crippen LogP contribution in [0.3, 0.4) is 0 Å². The highest BCUT2D eigenvalue weighted by Gasteiger charge is 2.17. The van der Waals surface area contributed by atoms with E-state index in [0.29, 0.717) is 36.2 Å². The zero-order valence-corrected chi connectivity index (χ0v) is 18.7. The van der Waals surface area contributed by atoms with E-state index in [0.717, 1.165) is 27.7 Å². The molecule has 0 unspecified atom stereocenters. The number of fused-ring (bicyclic) bond motifs is 1. The number of carbonyl (C=O) groups excluding carboxylic acids is 1. The lowest BCUT2D eigenvalue weighted by molar-refractivity contribution is -0.142. The van der Waals surface area contributed by atoms with Crippen molar-refractivity contribution in [2.24, 2.45) is 5.73 Å². The molecular weight excluding hydrogens is 420 g/mol. The Kier molecular flexibility index (Phi) is 6.90. The molecule has 2 aromatic carbocycles. The summed E-state index contributed by atoms with van der Waals surface area (Å²) in [5, 5.41) is 0.934. The number of rotatable bonds is 9. The Balaban J connectivity index is 1.62. The highest BCUT2D eigenvalue weighted by atomic mass is 16.5. The SMILES string of the molecule is CCOC(=O)Cc1ccccc1OCc1cccc2oc(-c3ccnc(CN)c3OC)cc12. The molecule has 7 heteroatoms. The summed E-state index contributed by atoms with van der Waals surface area (Å²) in [7, 11) is 1.59. The Hall–Kier alpha value is -3.84. The van der Waals surface area contributed by atoms with E-state index in [2.05, 4.69) is 4.98 Å². The van der Waals surface area contributed by atoms with Gasteiger partial charge in [-0.1, -0.05) is 30.3 Å². The maximum atomic E-state index is 11.9. The minimum atomic E-state index is -0.279. The molecule has 2 N–H and O–H groups in total. The van der Waals surface area contributed by atoms with Crippen LogP contribution in [-0.2, 0) is 29.1 Å². The molecule has 0 spiro atoms. The molecule has 4 aromatic rings. The van der Waals surface area contributed by atoms with E-state index in [1.165, 1.54) is 0 Å². The average molecular weight is 447 g/mol. The minimum absolute atomic E-state index is 0.162. The van der Waals surface area contributed by atoms with E-state index in [4.69, 9.17) is 24.4 Å². The number of para-hydroxylation sites is 1.